The molecule has 1 aromatic carbocycles. The number of carbonyl (C=O) groups excluding carboxylic acids is 1. The van der Waals surface area contributed by atoms with Gasteiger partial charge in [-0.1, -0.05) is 36.4 Å². The fourth-order valence-corrected chi connectivity index (χ4v) is 3.76. The molecule has 1 saturated heterocycles. The van der Waals surface area contributed by atoms with Crippen LogP contribution in [0.2, 0.25) is 0 Å². The summed E-state index contributed by atoms with van der Waals surface area (Å²) in [6.07, 6.45) is 0.600. The number of hydrogen-bond donors (Lipinski definition) is 2. The van der Waals surface area contributed by atoms with Crippen LogP contribution in [0.1, 0.15) is 23.7 Å². The van der Waals surface area contributed by atoms with Gasteiger partial charge in [-0.2, -0.15) is 0 Å². The number of benzene rings is 1. The van der Waals surface area contributed by atoms with Gasteiger partial charge in [0.05, 0.1) is 5.69 Å². The molecular formula is C20H24N4O2. The highest BCUT2D eigenvalue weighted by molar-refractivity contribution is 5.67. The van der Waals surface area contributed by atoms with Crippen LogP contribution in [0.4, 0.5) is 10.6 Å². The molecular weight excluding hydrogens is 328 g/mol. The van der Waals surface area contributed by atoms with Gasteiger partial charge in [-0.3, -0.25) is 0 Å². The third-order valence-corrected chi connectivity index (χ3v) is 5.03. The van der Waals surface area contributed by atoms with Crippen molar-refractivity contribution in [3.05, 3.63) is 59.3 Å². The van der Waals surface area contributed by atoms with E-state index in [4.69, 9.17) is 9.72 Å². The van der Waals surface area contributed by atoms with Crippen LogP contribution in [-0.4, -0.2) is 36.3 Å². The van der Waals surface area contributed by atoms with E-state index < -0.39 is 6.09 Å². The van der Waals surface area contributed by atoms with Crippen LogP contribution in [0.25, 0.3) is 0 Å². The first-order valence-corrected chi connectivity index (χ1v) is 9.13. The SMILES string of the molecule is C[C@@H]1CNC[C@H]2Cc3ccc(COC(=O)NCc4ccccc4)nc3N21. The fraction of sp³-hybridized carbons (Fsp3) is 0.400. The number of pyridine rings is 1. The third kappa shape index (κ3) is 3.51. The van der Waals surface area contributed by atoms with Gasteiger partial charge in [-0.25, -0.2) is 9.78 Å². The zero-order chi connectivity index (χ0) is 17.9. The molecule has 3 heterocycles. The van der Waals surface area contributed by atoms with Crippen LogP contribution in [0.5, 0.6) is 0 Å². The summed E-state index contributed by atoms with van der Waals surface area (Å²) < 4.78 is 5.33. The van der Waals surface area contributed by atoms with Crippen molar-refractivity contribution in [2.24, 2.45) is 0 Å². The second-order valence-corrected chi connectivity index (χ2v) is 6.97. The zero-order valence-electron chi connectivity index (χ0n) is 14.9. The molecule has 2 aliphatic heterocycles. The molecule has 6 heteroatoms. The van der Waals surface area contributed by atoms with Crippen LogP contribution >= 0.6 is 0 Å². The second kappa shape index (κ2) is 7.33. The number of piperazine rings is 1. The number of nitrogens with zero attached hydrogens (tertiary/aromatic N) is 2. The van der Waals surface area contributed by atoms with E-state index in [-0.39, 0.29) is 6.61 Å². The first kappa shape index (κ1) is 16.8. The van der Waals surface area contributed by atoms with Crippen LogP contribution in [-0.2, 0) is 24.3 Å². The summed E-state index contributed by atoms with van der Waals surface area (Å²) in [6.45, 7) is 4.82. The van der Waals surface area contributed by atoms with Gasteiger partial charge in [0.15, 0.2) is 0 Å². The Labute approximate surface area is 153 Å². The number of hydrogen-bond acceptors (Lipinski definition) is 5. The highest BCUT2D eigenvalue weighted by Crippen LogP contribution is 2.33. The lowest BCUT2D eigenvalue weighted by Gasteiger charge is -2.37. The molecule has 1 aromatic heterocycles. The fourth-order valence-electron chi connectivity index (χ4n) is 3.76. The maximum Gasteiger partial charge on any atom is 0.407 e. The van der Waals surface area contributed by atoms with Crippen molar-refractivity contribution in [2.75, 3.05) is 18.0 Å². The summed E-state index contributed by atoms with van der Waals surface area (Å²) in [5.41, 5.74) is 3.10. The van der Waals surface area contributed by atoms with Crippen molar-refractivity contribution in [1.29, 1.82) is 0 Å². The minimum Gasteiger partial charge on any atom is -0.443 e. The Morgan fingerprint density at radius 2 is 2.12 bits per heavy atom. The number of carbonyl (C=O) groups is 1. The number of aromatic nitrogens is 1. The number of ether oxygens (including phenoxy) is 1. The molecule has 26 heavy (non-hydrogen) atoms. The summed E-state index contributed by atoms with van der Waals surface area (Å²) in [7, 11) is 0. The average molecular weight is 352 g/mol. The normalized spacial score (nSPS) is 21.0. The van der Waals surface area contributed by atoms with Crippen molar-refractivity contribution < 1.29 is 9.53 Å². The van der Waals surface area contributed by atoms with E-state index in [1.807, 2.05) is 36.4 Å². The van der Waals surface area contributed by atoms with E-state index in [1.165, 1.54) is 5.56 Å². The van der Waals surface area contributed by atoms with Crippen LogP contribution < -0.4 is 15.5 Å². The van der Waals surface area contributed by atoms with Gasteiger partial charge in [0, 0.05) is 31.7 Å². The van der Waals surface area contributed by atoms with Gasteiger partial charge in [-0.05, 0) is 30.5 Å². The van der Waals surface area contributed by atoms with Gasteiger partial charge >= 0.3 is 6.09 Å². The van der Waals surface area contributed by atoms with E-state index in [1.54, 1.807) is 0 Å². The highest BCUT2D eigenvalue weighted by Gasteiger charge is 2.36. The van der Waals surface area contributed by atoms with Crippen molar-refractivity contribution in [3.8, 4) is 0 Å². The molecule has 136 valence electrons. The summed E-state index contributed by atoms with van der Waals surface area (Å²) in [6, 6.07) is 14.8. The van der Waals surface area contributed by atoms with Gasteiger partial charge in [0.2, 0.25) is 0 Å². The molecule has 1 amide bonds. The van der Waals surface area contributed by atoms with Crippen LogP contribution in [0, 0.1) is 0 Å². The quantitative estimate of drug-likeness (QED) is 0.883. The molecule has 0 aliphatic carbocycles. The number of amides is 1. The molecule has 0 spiro atoms. The van der Waals surface area contributed by atoms with E-state index in [0.29, 0.717) is 18.6 Å². The molecule has 4 rings (SSSR count). The Morgan fingerprint density at radius 3 is 2.96 bits per heavy atom. The Kier molecular flexibility index (Phi) is 4.75. The van der Waals surface area contributed by atoms with Gasteiger partial charge in [-0.15, -0.1) is 0 Å². The molecule has 0 bridgehead atoms. The Hall–Kier alpha value is -2.60. The number of nitrogens with one attached hydrogen (secondary N) is 2. The first-order valence-electron chi connectivity index (χ1n) is 9.13. The minimum absolute atomic E-state index is 0.180. The summed E-state index contributed by atoms with van der Waals surface area (Å²) >= 11 is 0. The Morgan fingerprint density at radius 1 is 1.27 bits per heavy atom. The van der Waals surface area contributed by atoms with Crippen molar-refractivity contribution in [2.45, 2.75) is 38.6 Å². The van der Waals surface area contributed by atoms with E-state index in [0.717, 1.165) is 36.6 Å². The molecule has 2 aliphatic rings. The summed E-state index contributed by atoms with van der Waals surface area (Å²) in [4.78, 5) is 19.1. The molecule has 6 nitrogen and oxygen atoms in total. The smallest absolute Gasteiger partial charge is 0.407 e. The number of rotatable bonds is 4. The van der Waals surface area contributed by atoms with Gasteiger partial charge in [0.1, 0.15) is 12.4 Å². The largest absolute Gasteiger partial charge is 0.443 e. The topological polar surface area (TPSA) is 66.5 Å². The maximum absolute atomic E-state index is 11.9. The minimum atomic E-state index is -0.426. The summed E-state index contributed by atoms with van der Waals surface area (Å²) in [5.74, 6) is 1.05. The molecule has 0 unspecified atom stereocenters. The first-order chi connectivity index (χ1) is 12.7. The van der Waals surface area contributed by atoms with Crippen molar-refractivity contribution >= 4 is 11.9 Å². The summed E-state index contributed by atoms with van der Waals surface area (Å²) in [5, 5.41) is 6.24. The maximum atomic E-state index is 11.9. The standard InChI is InChI=1S/C20H24N4O2/c1-14-10-21-12-18-9-16-7-8-17(23-19(16)24(14)18)13-26-20(25)22-11-15-5-3-2-4-6-15/h2-8,14,18,21H,9-13H2,1H3,(H,22,25)/t14-,18-/m1/s1. The van der Waals surface area contributed by atoms with Crippen LogP contribution in [0.3, 0.4) is 0 Å². The molecule has 0 radical (unpaired) electrons. The highest BCUT2D eigenvalue weighted by atomic mass is 16.5. The number of anilines is 1. The van der Waals surface area contributed by atoms with Crippen molar-refractivity contribution in [3.63, 3.8) is 0 Å². The number of alkyl carbamates (subject to hydrolysis) is 1. The van der Waals surface area contributed by atoms with Crippen LogP contribution in [0.15, 0.2) is 42.5 Å². The Bertz CT molecular complexity index is 781. The zero-order valence-corrected chi connectivity index (χ0v) is 14.9. The molecule has 0 saturated carbocycles. The third-order valence-electron chi connectivity index (χ3n) is 5.03. The Balaban J connectivity index is 1.35. The predicted molar refractivity (Wildman–Crippen MR) is 100 cm³/mol. The van der Waals surface area contributed by atoms with Gasteiger partial charge < -0.3 is 20.3 Å². The van der Waals surface area contributed by atoms with Crippen molar-refractivity contribution in [1.82, 2.24) is 15.6 Å². The molecule has 2 aromatic rings. The lowest BCUT2D eigenvalue weighted by molar-refractivity contribution is 0.137. The second-order valence-electron chi connectivity index (χ2n) is 6.97. The lowest BCUT2D eigenvalue weighted by Crippen LogP contribution is -2.55. The molecule has 1 fully saturated rings. The van der Waals surface area contributed by atoms with E-state index in [9.17, 15) is 4.79 Å². The average Bonchev–Trinajstić information content (AvgIpc) is 3.04. The van der Waals surface area contributed by atoms with Gasteiger partial charge in [0.25, 0.3) is 0 Å². The monoisotopic (exact) mass is 352 g/mol. The predicted octanol–water partition coefficient (Wildman–Crippen LogP) is 2.23. The molecule has 2 N–H and O–H groups in total. The lowest BCUT2D eigenvalue weighted by atomic mass is 10.1. The van der Waals surface area contributed by atoms with E-state index in [2.05, 4.69) is 28.5 Å². The number of fused-ring (bicyclic) bond motifs is 3. The molecule has 2 atom stereocenters. The van der Waals surface area contributed by atoms with E-state index >= 15 is 0 Å².